The summed E-state index contributed by atoms with van der Waals surface area (Å²) in [7, 11) is 0. The van der Waals surface area contributed by atoms with Crippen molar-refractivity contribution in [3.63, 3.8) is 0 Å². The molecule has 0 aromatic carbocycles. The van der Waals surface area contributed by atoms with E-state index in [4.69, 9.17) is 19.4 Å². The Kier molecular flexibility index (Phi) is 5.72. The van der Waals surface area contributed by atoms with E-state index in [1.54, 1.807) is 13.1 Å². The molecule has 1 atom stereocenters. The molecular weight excluding hydrogens is 420 g/mol. The van der Waals surface area contributed by atoms with Crippen molar-refractivity contribution >= 4 is 28.9 Å². The van der Waals surface area contributed by atoms with Crippen LogP contribution in [0.25, 0.3) is 0 Å². The summed E-state index contributed by atoms with van der Waals surface area (Å²) < 4.78 is 25.1. The van der Waals surface area contributed by atoms with E-state index in [1.807, 2.05) is 4.57 Å². The van der Waals surface area contributed by atoms with Crippen molar-refractivity contribution in [3.05, 3.63) is 23.4 Å². The standard InChI is InChI=1S/C20H26N6O4S/c1-2-30-19(27)15-11-25-6-7-26(12-16(25)22-15)20-23-14-5-10-31(28)17(14)18(24-20)21-13-3-8-29-9-4-13/h11,13H,2-10,12H2,1H3,(H,21,23,24). The molecule has 166 valence electrons. The lowest BCUT2D eigenvalue weighted by atomic mass is 10.1. The number of hydrogen-bond donors (Lipinski definition) is 1. The van der Waals surface area contributed by atoms with Crippen LogP contribution in [0.4, 0.5) is 11.8 Å². The lowest BCUT2D eigenvalue weighted by Gasteiger charge is -2.29. The van der Waals surface area contributed by atoms with Crippen LogP contribution in [0.5, 0.6) is 0 Å². The molecule has 10 nitrogen and oxygen atoms in total. The molecule has 1 unspecified atom stereocenters. The van der Waals surface area contributed by atoms with Crippen molar-refractivity contribution in [2.45, 2.75) is 50.2 Å². The molecular formula is C20H26N6O4S. The molecule has 1 fully saturated rings. The number of imidazole rings is 1. The molecule has 5 rings (SSSR count). The van der Waals surface area contributed by atoms with Gasteiger partial charge in [0.1, 0.15) is 17.3 Å². The van der Waals surface area contributed by atoms with Crippen molar-refractivity contribution in [2.75, 3.05) is 42.3 Å². The molecule has 0 amide bonds. The van der Waals surface area contributed by atoms with Crippen molar-refractivity contribution < 1.29 is 18.8 Å². The Balaban J connectivity index is 1.40. The maximum Gasteiger partial charge on any atom is 0.358 e. The topological polar surface area (TPSA) is 117 Å². The second-order valence-electron chi connectivity index (χ2n) is 7.86. The van der Waals surface area contributed by atoms with E-state index >= 15 is 0 Å². The Morgan fingerprint density at radius 3 is 2.97 bits per heavy atom. The number of nitrogens with zero attached hydrogens (tertiary/aromatic N) is 5. The van der Waals surface area contributed by atoms with E-state index in [9.17, 15) is 9.35 Å². The molecule has 1 N–H and O–H groups in total. The van der Waals surface area contributed by atoms with Crippen LogP contribution in [0.3, 0.4) is 0 Å². The zero-order valence-corrected chi connectivity index (χ0v) is 18.3. The van der Waals surface area contributed by atoms with Gasteiger partial charge >= 0.3 is 5.97 Å². The molecule has 0 spiro atoms. The number of anilines is 2. The van der Waals surface area contributed by atoms with Gasteiger partial charge in [0, 0.05) is 45.0 Å². The molecule has 0 bridgehead atoms. The van der Waals surface area contributed by atoms with Gasteiger partial charge in [-0.15, -0.1) is 0 Å². The van der Waals surface area contributed by atoms with Crippen LogP contribution >= 0.6 is 0 Å². The first-order valence-electron chi connectivity index (χ1n) is 10.7. The first kappa shape index (κ1) is 20.5. The maximum atomic E-state index is 12.6. The third-order valence-electron chi connectivity index (χ3n) is 5.81. The fraction of sp³-hybridized carbons (Fsp3) is 0.600. The summed E-state index contributed by atoms with van der Waals surface area (Å²) in [6, 6.07) is 0.255. The first-order valence-corrected chi connectivity index (χ1v) is 12.1. The van der Waals surface area contributed by atoms with Crippen molar-refractivity contribution in [3.8, 4) is 0 Å². The number of esters is 1. The molecule has 0 saturated carbocycles. The smallest absolute Gasteiger partial charge is 0.358 e. The summed E-state index contributed by atoms with van der Waals surface area (Å²) in [5.41, 5.74) is 1.19. The second-order valence-corrected chi connectivity index (χ2v) is 9.36. The normalized spacial score (nSPS) is 21.0. The number of nitrogens with one attached hydrogen (secondary N) is 1. The third-order valence-corrected chi connectivity index (χ3v) is 7.27. The highest BCUT2D eigenvalue weighted by Crippen LogP contribution is 2.34. The van der Waals surface area contributed by atoms with Crippen LogP contribution in [-0.4, -0.2) is 68.2 Å². The van der Waals surface area contributed by atoms with E-state index in [-0.39, 0.29) is 6.04 Å². The summed E-state index contributed by atoms with van der Waals surface area (Å²) in [6.45, 7) is 5.41. The van der Waals surface area contributed by atoms with Gasteiger partial charge in [-0.05, 0) is 30.9 Å². The number of rotatable bonds is 5. The second kappa shape index (κ2) is 8.64. The third kappa shape index (κ3) is 4.09. The van der Waals surface area contributed by atoms with E-state index in [0.29, 0.717) is 55.9 Å². The van der Waals surface area contributed by atoms with Gasteiger partial charge in [-0.25, -0.2) is 14.8 Å². The highest BCUT2D eigenvalue weighted by atomic mass is 32.2. The minimum Gasteiger partial charge on any atom is -0.611 e. The van der Waals surface area contributed by atoms with Crippen molar-refractivity contribution in [1.29, 1.82) is 0 Å². The van der Waals surface area contributed by atoms with Gasteiger partial charge in [0.15, 0.2) is 11.5 Å². The zero-order chi connectivity index (χ0) is 21.4. The van der Waals surface area contributed by atoms with Gasteiger partial charge in [0.05, 0.1) is 13.2 Å². The Labute approximate surface area is 183 Å². The molecule has 11 heteroatoms. The Hall–Kier alpha value is -2.37. The number of ether oxygens (including phenoxy) is 2. The molecule has 0 aliphatic carbocycles. The highest BCUT2D eigenvalue weighted by molar-refractivity contribution is 7.91. The SMILES string of the molecule is CCOC(=O)c1cn2c(n1)CN(c1nc3c(c(NC4CCOCC4)n1)[S+]([O-])CC3)CC2. The quantitative estimate of drug-likeness (QED) is 0.532. The summed E-state index contributed by atoms with van der Waals surface area (Å²) >= 11 is -1.07. The number of aromatic nitrogens is 4. The lowest BCUT2D eigenvalue weighted by molar-refractivity contribution is 0.0520. The molecule has 1 saturated heterocycles. The number of hydrogen-bond acceptors (Lipinski definition) is 9. The fourth-order valence-corrected chi connectivity index (χ4v) is 5.50. The minimum absolute atomic E-state index is 0.255. The number of carbonyl (C=O) groups is 1. The molecule has 3 aliphatic heterocycles. The number of fused-ring (bicyclic) bond motifs is 2. The van der Waals surface area contributed by atoms with Crippen LogP contribution in [0, 0.1) is 0 Å². The van der Waals surface area contributed by atoms with Gasteiger partial charge in [0.25, 0.3) is 0 Å². The van der Waals surface area contributed by atoms with Gasteiger partial charge in [-0.1, -0.05) is 0 Å². The van der Waals surface area contributed by atoms with Gasteiger partial charge in [-0.3, -0.25) is 0 Å². The van der Waals surface area contributed by atoms with E-state index in [1.165, 1.54) is 0 Å². The van der Waals surface area contributed by atoms with Crippen LogP contribution in [0.15, 0.2) is 11.1 Å². The van der Waals surface area contributed by atoms with Crippen LogP contribution < -0.4 is 10.2 Å². The van der Waals surface area contributed by atoms with E-state index in [0.717, 1.165) is 42.5 Å². The first-order chi connectivity index (χ1) is 15.1. The van der Waals surface area contributed by atoms with Crippen LogP contribution in [-0.2, 0) is 40.2 Å². The summed E-state index contributed by atoms with van der Waals surface area (Å²) in [5.74, 6) is 2.25. The Morgan fingerprint density at radius 1 is 1.32 bits per heavy atom. The predicted molar refractivity (Wildman–Crippen MR) is 114 cm³/mol. The number of carbonyl (C=O) groups excluding carboxylic acids is 1. The van der Waals surface area contributed by atoms with Crippen molar-refractivity contribution in [2.24, 2.45) is 0 Å². The van der Waals surface area contributed by atoms with E-state index in [2.05, 4.69) is 15.2 Å². The summed E-state index contributed by atoms with van der Waals surface area (Å²) in [4.78, 5) is 28.8. The fourth-order valence-electron chi connectivity index (χ4n) is 4.18. The average Bonchev–Trinajstić information content (AvgIpc) is 3.38. The monoisotopic (exact) mass is 446 g/mol. The maximum absolute atomic E-state index is 12.6. The average molecular weight is 447 g/mol. The van der Waals surface area contributed by atoms with Gasteiger partial charge in [0.2, 0.25) is 10.8 Å². The molecule has 2 aromatic heterocycles. The largest absolute Gasteiger partial charge is 0.611 e. The van der Waals surface area contributed by atoms with Gasteiger partial charge < -0.3 is 28.8 Å². The highest BCUT2D eigenvalue weighted by Gasteiger charge is 2.34. The molecule has 5 heterocycles. The Bertz CT molecular complexity index is 977. The minimum atomic E-state index is -1.07. The van der Waals surface area contributed by atoms with Crippen LogP contribution in [0.2, 0.25) is 0 Å². The lowest BCUT2D eigenvalue weighted by Crippen LogP contribution is -2.35. The molecule has 0 radical (unpaired) electrons. The van der Waals surface area contributed by atoms with E-state index < -0.39 is 17.1 Å². The Morgan fingerprint density at radius 2 is 2.16 bits per heavy atom. The number of aryl methyl sites for hydroxylation is 1. The zero-order valence-electron chi connectivity index (χ0n) is 17.5. The summed E-state index contributed by atoms with van der Waals surface area (Å²) in [5, 5.41) is 3.51. The predicted octanol–water partition coefficient (Wildman–Crippen LogP) is 1.12. The molecule has 31 heavy (non-hydrogen) atoms. The van der Waals surface area contributed by atoms with Crippen molar-refractivity contribution in [1.82, 2.24) is 19.5 Å². The van der Waals surface area contributed by atoms with Gasteiger partial charge in [-0.2, -0.15) is 4.98 Å². The molecule has 3 aliphatic rings. The van der Waals surface area contributed by atoms with Crippen LogP contribution in [0.1, 0.15) is 41.8 Å². The summed E-state index contributed by atoms with van der Waals surface area (Å²) in [6.07, 6.45) is 4.24. The molecule has 2 aromatic rings.